The second-order valence-electron chi connectivity index (χ2n) is 6.26. The van der Waals surface area contributed by atoms with Crippen molar-refractivity contribution >= 4 is 40.8 Å². The molecule has 3 amide bonds. The largest absolute Gasteiger partial charge is 0.368 e. The maximum absolute atomic E-state index is 13.0. The molecule has 0 saturated heterocycles. The lowest BCUT2D eigenvalue weighted by atomic mass is 10.2. The third-order valence-electron chi connectivity index (χ3n) is 3.97. The molecule has 30 heavy (non-hydrogen) atoms. The first kappa shape index (κ1) is 20.9. The summed E-state index contributed by atoms with van der Waals surface area (Å²) in [7, 11) is 0. The van der Waals surface area contributed by atoms with Gasteiger partial charge < -0.3 is 16.4 Å². The van der Waals surface area contributed by atoms with Gasteiger partial charge in [-0.1, -0.05) is 18.2 Å². The molecule has 0 unspecified atom stereocenters. The van der Waals surface area contributed by atoms with E-state index in [0.29, 0.717) is 11.3 Å². The highest BCUT2D eigenvalue weighted by Crippen LogP contribution is 2.29. The Labute approximate surface area is 176 Å². The molecule has 0 aliphatic carbocycles. The van der Waals surface area contributed by atoms with E-state index < -0.39 is 11.8 Å². The van der Waals surface area contributed by atoms with Gasteiger partial charge in [0.25, 0.3) is 5.91 Å². The summed E-state index contributed by atoms with van der Waals surface area (Å²) < 4.78 is 13.0. The lowest BCUT2D eigenvalue weighted by Crippen LogP contribution is -2.33. The van der Waals surface area contributed by atoms with E-state index in [1.165, 1.54) is 35.6 Å². The molecule has 0 spiro atoms. The second-order valence-corrected chi connectivity index (χ2v) is 7.38. The zero-order chi connectivity index (χ0) is 21.5. The summed E-state index contributed by atoms with van der Waals surface area (Å²) in [6.45, 7) is -0.265. The first-order valence-corrected chi connectivity index (χ1v) is 9.74. The van der Waals surface area contributed by atoms with Crippen LogP contribution in [0, 0.1) is 5.82 Å². The molecule has 6 nitrogen and oxygen atoms in total. The summed E-state index contributed by atoms with van der Waals surface area (Å²) in [5, 5.41) is 5.07. The molecule has 0 bridgehead atoms. The Kier molecular flexibility index (Phi) is 6.71. The Hall–Kier alpha value is -3.78. The molecule has 8 heteroatoms. The van der Waals surface area contributed by atoms with Crippen LogP contribution in [0.2, 0.25) is 0 Å². The summed E-state index contributed by atoms with van der Waals surface area (Å²) in [5.41, 5.74) is 6.64. The normalized spacial score (nSPS) is 10.7. The van der Waals surface area contributed by atoms with Crippen LogP contribution in [0.4, 0.5) is 10.1 Å². The van der Waals surface area contributed by atoms with Crippen LogP contribution in [0.3, 0.4) is 0 Å². The van der Waals surface area contributed by atoms with Crippen LogP contribution in [0.25, 0.3) is 16.5 Å². The number of primary amides is 1. The number of amides is 3. The average molecular weight is 423 g/mol. The second kappa shape index (κ2) is 9.62. The van der Waals surface area contributed by atoms with Crippen molar-refractivity contribution in [2.75, 3.05) is 11.9 Å². The summed E-state index contributed by atoms with van der Waals surface area (Å²) in [5.74, 6) is -1.76. The van der Waals surface area contributed by atoms with Gasteiger partial charge in [0.05, 0.1) is 6.54 Å². The van der Waals surface area contributed by atoms with Crippen LogP contribution < -0.4 is 16.4 Å². The lowest BCUT2D eigenvalue weighted by molar-refractivity contribution is -0.117. The van der Waals surface area contributed by atoms with Crippen LogP contribution in [-0.2, 0) is 9.59 Å². The number of rotatable bonds is 7. The van der Waals surface area contributed by atoms with Gasteiger partial charge in [-0.3, -0.25) is 14.4 Å². The van der Waals surface area contributed by atoms with Crippen LogP contribution in [0.1, 0.15) is 15.2 Å². The average Bonchev–Trinajstić information content (AvgIpc) is 3.20. The highest BCUT2D eigenvalue weighted by Gasteiger charge is 2.08. The molecule has 1 aromatic heterocycles. The summed E-state index contributed by atoms with van der Waals surface area (Å²) in [6, 6.07) is 16.3. The highest BCUT2D eigenvalue weighted by atomic mass is 32.1. The molecule has 3 rings (SSSR count). The SMILES string of the molecule is NC(=O)CNC(=O)c1cccc(NC(=O)/C=C/c2ccc(-c3ccc(F)cc3)s2)c1. The third kappa shape index (κ3) is 5.86. The number of carbonyl (C=O) groups is 3. The van der Waals surface area contributed by atoms with Gasteiger partial charge in [0, 0.05) is 27.1 Å². The molecule has 0 radical (unpaired) electrons. The van der Waals surface area contributed by atoms with E-state index in [1.807, 2.05) is 12.1 Å². The summed E-state index contributed by atoms with van der Waals surface area (Å²) >= 11 is 1.47. The lowest BCUT2D eigenvalue weighted by Gasteiger charge is -2.06. The quantitative estimate of drug-likeness (QED) is 0.508. The molecular formula is C22H18FN3O3S. The van der Waals surface area contributed by atoms with E-state index in [1.54, 1.807) is 36.4 Å². The standard InChI is InChI=1S/C22H18FN3O3S/c23-16-6-4-14(5-7-16)19-10-8-18(30-19)9-11-21(28)26-17-3-1-2-15(12-17)22(29)25-13-20(24)27/h1-12H,13H2,(H2,24,27)(H,25,29)(H,26,28)/b11-9+. The first-order chi connectivity index (χ1) is 14.4. The van der Waals surface area contributed by atoms with E-state index in [0.717, 1.165) is 15.3 Å². The van der Waals surface area contributed by atoms with Gasteiger partial charge in [-0.2, -0.15) is 0 Å². The molecule has 0 saturated carbocycles. The molecule has 0 atom stereocenters. The molecule has 2 aromatic carbocycles. The Morgan fingerprint density at radius 1 is 1.03 bits per heavy atom. The van der Waals surface area contributed by atoms with Crippen molar-refractivity contribution in [2.24, 2.45) is 5.73 Å². The van der Waals surface area contributed by atoms with Crippen molar-refractivity contribution < 1.29 is 18.8 Å². The number of nitrogens with two attached hydrogens (primary N) is 1. The number of nitrogens with one attached hydrogen (secondary N) is 2. The molecule has 1 heterocycles. The Balaban J connectivity index is 1.61. The minimum absolute atomic E-state index is 0.265. The molecule has 0 fully saturated rings. The van der Waals surface area contributed by atoms with E-state index >= 15 is 0 Å². The predicted molar refractivity (Wildman–Crippen MR) is 115 cm³/mol. The van der Waals surface area contributed by atoms with Crippen LogP contribution in [0.5, 0.6) is 0 Å². The molecular weight excluding hydrogens is 405 g/mol. The van der Waals surface area contributed by atoms with Crippen molar-refractivity contribution in [3.63, 3.8) is 0 Å². The number of hydrogen-bond acceptors (Lipinski definition) is 4. The van der Waals surface area contributed by atoms with Gasteiger partial charge in [0.2, 0.25) is 11.8 Å². The number of benzene rings is 2. The van der Waals surface area contributed by atoms with Gasteiger partial charge in [-0.05, 0) is 54.1 Å². The molecule has 4 N–H and O–H groups in total. The maximum atomic E-state index is 13.0. The van der Waals surface area contributed by atoms with Gasteiger partial charge in [-0.15, -0.1) is 11.3 Å². The van der Waals surface area contributed by atoms with Crippen molar-refractivity contribution in [1.82, 2.24) is 5.32 Å². The maximum Gasteiger partial charge on any atom is 0.251 e. The number of hydrogen-bond donors (Lipinski definition) is 3. The number of halogens is 1. The van der Waals surface area contributed by atoms with Crippen molar-refractivity contribution in [1.29, 1.82) is 0 Å². The van der Waals surface area contributed by atoms with E-state index in [4.69, 9.17) is 5.73 Å². The van der Waals surface area contributed by atoms with E-state index in [-0.39, 0.29) is 18.3 Å². The fourth-order valence-electron chi connectivity index (χ4n) is 2.56. The van der Waals surface area contributed by atoms with E-state index in [9.17, 15) is 18.8 Å². The van der Waals surface area contributed by atoms with Crippen molar-refractivity contribution in [2.45, 2.75) is 0 Å². The predicted octanol–water partition coefficient (Wildman–Crippen LogP) is 3.42. The molecule has 0 aliphatic rings. The van der Waals surface area contributed by atoms with Crippen LogP contribution in [0.15, 0.2) is 66.7 Å². The topological polar surface area (TPSA) is 101 Å². The Morgan fingerprint density at radius 3 is 2.53 bits per heavy atom. The van der Waals surface area contributed by atoms with E-state index in [2.05, 4.69) is 10.6 Å². The van der Waals surface area contributed by atoms with Crippen LogP contribution in [-0.4, -0.2) is 24.3 Å². The fraction of sp³-hybridized carbons (Fsp3) is 0.0455. The molecule has 0 aliphatic heterocycles. The highest BCUT2D eigenvalue weighted by molar-refractivity contribution is 7.16. The van der Waals surface area contributed by atoms with Crippen LogP contribution >= 0.6 is 11.3 Å². The molecule has 3 aromatic rings. The molecule has 152 valence electrons. The summed E-state index contributed by atoms with van der Waals surface area (Å²) in [4.78, 5) is 36.8. The van der Waals surface area contributed by atoms with Gasteiger partial charge in [0.1, 0.15) is 5.82 Å². The number of carbonyl (C=O) groups excluding carboxylic acids is 3. The number of anilines is 1. The van der Waals surface area contributed by atoms with Crippen molar-refractivity contribution in [3.8, 4) is 10.4 Å². The zero-order valence-electron chi connectivity index (χ0n) is 15.7. The Morgan fingerprint density at radius 2 is 1.80 bits per heavy atom. The minimum Gasteiger partial charge on any atom is -0.368 e. The van der Waals surface area contributed by atoms with Gasteiger partial charge in [0.15, 0.2) is 0 Å². The van der Waals surface area contributed by atoms with Crippen molar-refractivity contribution in [3.05, 3.63) is 83.0 Å². The zero-order valence-corrected chi connectivity index (χ0v) is 16.5. The third-order valence-corrected chi connectivity index (χ3v) is 5.07. The first-order valence-electron chi connectivity index (χ1n) is 8.92. The van der Waals surface area contributed by atoms with Gasteiger partial charge >= 0.3 is 0 Å². The monoisotopic (exact) mass is 423 g/mol. The Bertz CT molecular complexity index is 1110. The summed E-state index contributed by atoms with van der Waals surface area (Å²) in [6.07, 6.45) is 3.07. The number of thiophene rings is 1. The van der Waals surface area contributed by atoms with Gasteiger partial charge in [-0.25, -0.2) is 4.39 Å². The smallest absolute Gasteiger partial charge is 0.251 e. The minimum atomic E-state index is -0.644. The fourth-order valence-corrected chi connectivity index (χ4v) is 3.48.